The van der Waals surface area contributed by atoms with Crippen LogP contribution < -0.4 is 0 Å². The van der Waals surface area contributed by atoms with Gasteiger partial charge in [0.1, 0.15) is 5.56 Å². The van der Waals surface area contributed by atoms with Gasteiger partial charge in [-0.3, -0.25) is 10.1 Å². The van der Waals surface area contributed by atoms with Crippen LogP contribution in [0.2, 0.25) is 0 Å². The van der Waals surface area contributed by atoms with Crippen LogP contribution in [0.3, 0.4) is 0 Å². The summed E-state index contributed by atoms with van der Waals surface area (Å²) in [6.45, 7) is 0. The molecular formula is C13H8F3NO2S. The second kappa shape index (κ2) is 5.54. The first-order valence-electron chi connectivity index (χ1n) is 5.46. The van der Waals surface area contributed by atoms with Crippen LogP contribution in [-0.4, -0.2) is 4.92 Å². The van der Waals surface area contributed by atoms with E-state index in [0.717, 1.165) is 28.8 Å². The Kier molecular flexibility index (Phi) is 3.99. The van der Waals surface area contributed by atoms with Crippen LogP contribution in [0.15, 0.2) is 58.3 Å². The lowest BCUT2D eigenvalue weighted by Gasteiger charge is -2.09. The van der Waals surface area contributed by atoms with E-state index in [-0.39, 0.29) is 0 Å². The molecule has 2 aromatic rings. The van der Waals surface area contributed by atoms with Gasteiger partial charge in [0.2, 0.25) is 0 Å². The van der Waals surface area contributed by atoms with Crippen molar-refractivity contribution in [3.8, 4) is 0 Å². The van der Waals surface area contributed by atoms with Gasteiger partial charge in [-0.1, -0.05) is 30.0 Å². The van der Waals surface area contributed by atoms with Crippen LogP contribution in [0.4, 0.5) is 18.9 Å². The van der Waals surface area contributed by atoms with E-state index in [1.807, 2.05) is 0 Å². The van der Waals surface area contributed by atoms with Crippen molar-refractivity contribution in [3.05, 3.63) is 64.2 Å². The van der Waals surface area contributed by atoms with Crippen molar-refractivity contribution in [2.75, 3.05) is 0 Å². The first-order chi connectivity index (χ1) is 9.38. The van der Waals surface area contributed by atoms with Gasteiger partial charge in [-0.05, 0) is 24.3 Å². The maximum absolute atomic E-state index is 12.8. The van der Waals surface area contributed by atoms with Gasteiger partial charge >= 0.3 is 6.18 Å². The Morgan fingerprint density at radius 2 is 1.65 bits per heavy atom. The number of nitro benzene ring substituents is 1. The minimum Gasteiger partial charge on any atom is -0.258 e. The highest BCUT2D eigenvalue weighted by atomic mass is 32.2. The maximum Gasteiger partial charge on any atom is 0.423 e. The number of nitrogens with zero attached hydrogens (tertiary/aromatic N) is 1. The van der Waals surface area contributed by atoms with E-state index in [0.29, 0.717) is 4.90 Å². The van der Waals surface area contributed by atoms with Crippen LogP contribution in [0.5, 0.6) is 0 Å². The molecule has 0 amide bonds. The lowest BCUT2D eigenvalue weighted by atomic mass is 10.2. The summed E-state index contributed by atoms with van der Waals surface area (Å²) in [5.41, 5.74) is -2.17. The summed E-state index contributed by atoms with van der Waals surface area (Å²) in [5.74, 6) is 0. The standard InChI is InChI=1S/C13H8F3NO2S/c14-13(15,16)11-8-10(6-7-12(11)17(18)19)20-9-4-2-1-3-5-9/h1-8H. The molecule has 0 radical (unpaired) electrons. The van der Waals surface area contributed by atoms with E-state index in [1.54, 1.807) is 30.3 Å². The molecule has 0 bridgehead atoms. The Morgan fingerprint density at radius 1 is 1.00 bits per heavy atom. The predicted octanol–water partition coefficient (Wildman–Crippen LogP) is 4.76. The van der Waals surface area contributed by atoms with E-state index in [9.17, 15) is 23.3 Å². The van der Waals surface area contributed by atoms with Crippen molar-refractivity contribution in [1.29, 1.82) is 0 Å². The van der Waals surface area contributed by atoms with Gasteiger partial charge in [0.25, 0.3) is 5.69 Å². The van der Waals surface area contributed by atoms with Crippen LogP contribution >= 0.6 is 11.8 Å². The molecular weight excluding hydrogens is 291 g/mol. The fourth-order valence-corrected chi connectivity index (χ4v) is 2.47. The molecule has 2 aromatic carbocycles. The van der Waals surface area contributed by atoms with Crippen molar-refractivity contribution < 1.29 is 18.1 Å². The van der Waals surface area contributed by atoms with Gasteiger partial charge in [0, 0.05) is 15.9 Å². The highest BCUT2D eigenvalue weighted by molar-refractivity contribution is 7.99. The molecule has 0 N–H and O–H groups in total. The first kappa shape index (κ1) is 14.4. The summed E-state index contributed by atoms with van der Waals surface area (Å²) in [7, 11) is 0. The molecule has 2 rings (SSSR count). The van der Waals surface area contributed by atoms with Crippen LogP contribution in [0, 0.1) is 10.1 Å². The lowest BCUT2D eigenvalue weighted by Crippen LogP contribution is -2.08. The average Bonchev–Trinajstić information content (AvgIpc) is 2.38. The van der Waals surface area contributed by atoms with Crippen LogP contribution in [0.25, 0.3) is 0 Å². The normalized spacial score (nSPS) is 11.3. The Morgan fingerprint density at radius 3 is 2.20 bits per heavy atom. The van der Waals surface area contributed by atoms with Crippen molar-refractivity contribution in [2.24, 2.45) is 0 Å². The van der Waals surface area contributed by atoms with Gasteiger partial charge in [-0.25, -0.2) is 0 Å². The van der Waals surface area contributed by atoms with Gasteiger partial charge in [-0.15, -0.1) is 0 Å². The van der Waals surface area contributed by atoms with Gasteiger partial charge in [0.15, 0.2) is 0 Å². The molecule has 0 saturated carbocycles. The van der Waals surface area contributed by atoms with Crippen molar-refractivity contribution in [3.63, 3.8) is 0 Å². The lowest BCUT2D eigenvalue weighted by molar-refractivity contribution is -0.388. The Hall–Kier alpha value is -2.02. The molecule has 3 nitrogen and oxygen atoms in total. The van der Waals surface area contributed by atoms with E-state index in [2.05, 4.69) is 0 Å². The minimum absolute atomic E-state index is 0.300. The summed E-state index contributed by atoms with van der Waals surface area (Å²) < 4.78 is 38.4. The van der Waals surface area contributed by atoms with E-state index in [4.69, 9.17) is 0 Å². The Labute approximate surface area is 116 Å². The van der Waals surface area contributed by atoms with Crippen molar-refractivity contribution in [1.82, 2.24) is 0 Å². The van der Waals surface area contributed by atoms with E-state index in [1.165, 1.54) is 6.07 Å². The van der Waals surface area contributed by atoms with Crippen molar-refractivity contribution in [2.45, 2.75) is 16.0 Å². The van der Waals surface area contributed by atoms with Gasteiger partial charge in [-0.2, -0.15) is 13.2 Å². The third-order valence-corrected chi connectivity index (χ3v) is 3.45. The summed E-state index contributed by atoms with van der Waals surface area (Å²) in [6, 6.07) is 11.8. The minimum atomic E-state index is -4.75. The molecule has 20 heavy (non-hydrogen) atoms. The van der Waals surface area contributed by atoms with E-state index < -0.39 is 22.4 Å². The molecule has 104 valence electrons. The van der Waals surface area contributed by atoms with Crippen LogP contribution in [0.1, 0.15) is 5.56 Å². The molecule has 7 heteroatoms. The molecule has 0 atom stereocenters. The second-order valence-corrected chi connectivity index (χ2v) is 5.00. The third-order valence-electron chi connectivity index (χ3n) is 2.45. The molecule has 0 spiro atoms. The zero-order chi connectivity index (χ0) is 14.8. The number of rotatable bonds is 3. The Bertz CT molecular complexity index is 629. The highest BCUT2D eigenvalue weighted by Gasteiger charge is 2.38. The summed E-state index contributed by atoms with van der Waals surface area (Å²) in [4.78, 5) is 10.7. The number of hydrogen-bond acceptors (Lipinski definition) is 3. The third kappa shape index (κ3) is 3.30. The molecule has 0 fully saturated rings. The number of alkyl halides is 3. The molecule has 0 aliphatic carbocycles. The topological polar surface area (TPSA) is 43.1 Å². The van der Waals surface area contributed by atoms with E-state index >= 15 is 0 Å². The van der Waals surface area contributed by atoms with Gasteiger partial charge in [0.05, 0.1) is 4.92 Å². The predicted molar refractivity (Wildman–Crippen MR) is 68.7 cm³/mol. The smallest absolute Gasteiger partial charge is 0.258 e. The maximum atomic E-state index is 12.8. The van der Waals surface area contributed by atoms with Crippen molar-refractivity contribution >= 4 is 17.4 Å². The molecule has 0 aromatic heterocycles. The fourth-order valence-electron chi connectivity index (χ4n) is 1.59. The zero-order valence-corrected chi connectivity index (χ0v) is 10.7. The highest BCUT2D eigenvalue weighted by Crippen LogP contribution is 2.39. The fraction of sp³-hybridized carbons (Fsp3) is 0.0769. The SMILES string of the molecule is O=[N+]([O-])c1ccc(Sc2ccccc2)cc1C(F)(F)F. The molecule has 0 unspecified atom stereocenters. The molecule has 0 heterocycles. The summed E-state index contributed by atoms with van der Waals surface area (Å²) in [5, 5.41) is 10.6. The molecule has 0 aliphatic heterocycles. The van der Waals surface area contributed by atoms with Gasteiger partial charge < -0.3 is 0 Å². The second-order valence-electron chi connectivity index (χ2n) is 3.85. The molecule has 0 aliphatic rings. The largest absolute Gasteiger partial charge is 0.423 e. The quantitative estimate of drug-likeness (QED) is 0.606. The summed E-state index contributed by atoms with van der Waals surface area (Å²) in [6.07, 6.45) is -4.75. The zero-order valence-electron chi connectivity index (χ0n) is 9.92. The Balaban J connectivity index is 2.40. The number of benzene rings is 2. The summed E-state index contributed by atoms with van der Waals surface area (Å²) >= 11 is 1.12. The number of nitro groups is 1. The number of halogens is 3. The van der Waals surface area contributed by atoms with Crippen LogP contribution in [-0.2, 0) is 6.18 Å². The molecule has 0 saturated heterocycles. The first-order valence-corrected chi connectivity index (χ1v) is 6.28. The average molecular weight is 299 g/mol. The number of hydrogen-bond donors (Lipinski definition) is 0. The monoisotopic (exact) mass is 299 g/mol.